The Labute approximate surface area is 293 Å². The highest BCUT2D eigenvalue weighted by Gasteiger charge is 2.29. The third-order valence-electron chi connectivity index (χ3n) is 8.77. The van der Waals surface area contributed by atoms with Crippen molar-refractivity contribution in [3.63, 3.8) is 0 Å². The number of piperazine rings is 1. The van der Waals surface area contributed by atoms with Crippen LogP contribution in [0.5, 0.6) is 17.2 Å². The molecule has 10 nitrogen and oxygen atoms in total. The van der Waals surface area contributed by atoms with Gasteiger partial charge in [0, 0.05) is 38.2 Å². The Kier molecular flexibility index (Phi) is 12.2. The monoisotopic (exact) mass is 721 g/mol. The van der Waals surface area contributed by atoms with Crippen LogP contribution >= 0.6 is 23.2 Å². The highest BCUT2D eigenvalue weighted by Crippen LogP contribution is 2.38. The van der Waals surface area contributed by atoms with Gasteiger partial charge in [-0.3, -0.25) is 4.79 Å². The van der Waals surface area contributed by atoms with Crippen LogP contribution in [0.1, 0.15) is 63.6 Å². The molecule has 1 saturated heterocycles. The first-order valence-corrected chi connectivity index (χ1v) is 16.9. The minimum Gasteiger partial charge on any atom is -0.870 e. The number of likely N-dealkylation sites (N-methyl/N-ethyl adjacent to an activating group) is 1. The second kappa shape index (κ2) is 16.3. The Balaban J connectivity index is 0.00000468. The number of benzene rings is 2. The molecule has 14 heteroatoms. The second-order valence-corrected chi connectivity index (χ2v) is 13.4. The van der Waals surface area contributed by atoms with Crippen molar-refractivity contribution in [3.05, 3.63) is 81.1 Å². The number of pyridine rings is 1. The van der Waals surface area contributed by atoms with Gasteiger partial charge in [0.1, 0.15) is 21.9 Å². The molecule has 49 heavy (non-hydrogen) atoms. The molecule has 2 saturated carbocycles. The number of hydrogen-bond donors (Lipinski definition) is 0. The number of aromatic nitrogens is 1. The van der Waals surface area contributed by atoms with Crippen molar-refractivity contribution in [3.8, 4) is 17.2 Å². The number of alkyl halides is 2. The summed E-state index contributed by atoms with van der Waals surface area (Å²) in [5, 5.41) is 0.655. The number of aromatic amines is 1. The van der Waals surface area contributed by atoms with Gasteiger partial charge in [-0.2, -0.15) is 8.78 Å². The van der Waals surface area contributed by atoms with Crippen molar-refractivity contribution in [1.29, 1.82) is 0 Å². The van der Waals surface area contributed by atoms with E-state index in [9.17, 15) is 18.4 Å². The Bertz CT molecular complexity index is 1610. The smallest absolute Gasteiger partial charge is 0.387 e. The highest BCUT2D eigenvalue weighted by atomic mass is 35.5. The third-order valence-corrected chi connectivity index (χ3v) is 9.45. The standard InChI is InChI=1S/C35H37Cl2F2N3O6.H2O/c1-41-10-12-42(13-11-41)33(43)25-8-6-24(15-31(25)45-19-21-2-3-21)34(44)47-30(16-26-27(36)17-40-18-28(26)37)23-7-9-29(48-35(38)39)32(14-23)46-20-22-4-5-22;/h6-9,14-15,17-18,21-22,30,35H,2-5,10-13,16,19-20H2,1H3;1H2/t30-;/m0./s1. The molecule has 264 valence electrons. The fourth-order valence-corrected chi connectivity index (χ4v) is 5.95. The zero-order chi connectivity index (χ0) is 33.8. The molecule has 1 aliphatic heterocycles. The minimum absolute atomic E-state index is 0. The molecule has 1 amide bonds. The number of nitrogens with zero attached hydrogens (tertiary/aromatic N) is 2. The quantitative estimate of drug-likeness (QED) is 0.177. The van der Waals surface area contributed by atoms with Gasteiger partial charge < -0.3 is 34.2 Å². The normalized spacial score (nSPS) is 16.9. The first kappa shape index (κ1) is 36.6. The maximum absolute atomic E-state index is 13.8. The highest BCUT2D eigenvalue weighted by molar-refractivity contribution is 6.35. The molecular formula is C35H39Cl2F2N3O7. The van der Waals surface area contributed by atoms with Gasteiger partial charge in [-0.05, 0) is 80.5 Å². The first-order valence-electron chi connectivity index (χ1n) is 16.2. The molecule has 3 aromatic rings. The molecule has 0 radical (unpaired) electrons. The zero-order valence-corrected chi connectivity index (χ0v) is 28.5. The molecule has 3 fully saturated rings. The molecule has 2 aliphatic carbocycles. The number of hydrogen-bond acceptors (Lipinski definition) is 8. The average molecular weight is 723 g/mol. The topological polar surface area (TPSA) is 122 Å². The van der Waals surface area contributed by atoms with Gasteiger partial charge in [-0.15, -0.1) is 0 Å². The predicted molar refractivity (Wildman–Crippen MR) is 176 cm³/mol. The molecule has 6 rings (SSSR count). The summed E-state index contributed by atoms with van der Waals surface area (Å²) >= 11 is 13.0. The number of rotatable bonds is 14. The van der Waals surface area contributed by atoms with E-state index in [1.54, 1.807) is 41.6 Å². The van der Waals surface area contributed by atoms with E-state index in [0.717, 1.165) is 38.8 Å². The maximum atomic E-state index is 13.8. The Hall–Kier alpha value is -3.71. The molecule has 0 bridgehead atoms. The van der Waals surface area contributed by atoms with E-state index < -0.39 is 18.7 Å². The molecule has 2 N–H and O–H groups in total. The van der Waals surface area contributed by atoms with E-state index in [4.69, 9.17) is 42.1 Å². The fraction of sp³-hybridized carbons (Fsp3) is 0.457. The molecule has 2 heterocycles. The fourth-order valence-electron chi connectivity index (χ4n) is 5.42. The lowest BCUT2D eigenvalue weighted by Gasteiger charge is -2.32. The summed E-state index contributed by atoms with van der Waals surface area (Å²) in [7, 11) is 2.02. The summed E-state index contributed by atoms with van der Waals surface area (Å²) in [6.07, 6.45) is 6.34. The number of ether oxygens (including phenoxy) is 4. The third kappa shape index (κ3) is 9.72. The van der Waals surface area contributed by atoms with Gasteiger partial charge in [0.2, 0.25) is 0 Å². The number of halogens is 4. The van der Waals surface area contributed by atoms with E-state index in [1.807, 2.05) is 7.05 Å². The SMILES string of the molecule is CN1CCN(C(=O)c2ccc(C(=O)O[C@@H](Cc3c(Cl)c[nH+]cc3Cl)c3ccc(OC(F)F)c(OCC4CC4)c3)cc2OCC2CC2)CC1.[OH-]. The lowest BCUT2D eigenvalue weighted by atomic mass is 10.0. The van der Waals surface area contributed by atoms with Crippen LogP contribution in [0.15, 0.2) is 48.8 Å². The van der Waals surface area contributed by atoms with Gasteiger partial charge in [0.15, 0.2) is 23.9 Å². The molecular weight excluding hydrogens is 683 g/mol. The summed E-state index contributed by atoms with van der Waals surface area (Å²) in [6.45, 7) is 0.481. The summed E-state index contributed by atoms with van der Waals surface area (Å²) < 4.78 is 49.3. The van der Waals surface area contributed by atoms with E-state index in [-0.39, 0.29) is 34.9 Å². The molecule has 1 atom stereocenters. The molecule has 3 aliphatic rings. The minimum atomic E-state index is -3.05. The zero-order valence-electron chi connectivity index (χ0n) is 27.0. The lowest BCUT2D eigenvalue weighted by Crippen LogP contribution is -2.47. The van der Waals surface area contributed by atoms with Crippen LogP contribution in [0.2, 0.25) is 10.0 Å². The maximum Gasteiger partial charge on any atom is 0.387 e. The molecule has 0 spiro atoms. The molecule has 1 aromatic heterocycles. The van der Waals surface area contributed by atoms with E-state index in [0.29, 0.717) is 70.6 Å². The van der Waals surface area contributed by atoms with E-state index >= 15 is 0 Å². The van der Waals surface area contributed by atoms with Gasteiger partial charge >= 0.3 is 12.6 Å². The summed E-state index contributed by atoms with van der Waals surface area (Å²) in [5.41, 5.74) is 1.55. The summed E-state index contributed by atoms with van der Waals surface area (Å²) in [6, 6.07) is 9.15. The number of amides is 1. The van der Waals surface area contributed by atoms with Gasteiger partial charge in [0.25, 0.3) is 5.91 Å². The van der Waals surface area contributed by atoms with Crippen molar-refractivity contribution < 1.29 is 47.8 Å². The summed E-state index contributed by atoms with van der Waals surface area (Å²) in [4.78, 5) is 34.2. The van der Waals surface area contributed by atoms with Crippen LogP contribution in [-0.2, 0) is 11.2 Å². The van der Waals surface area contributed by atoms with Crippen LogP contribution in [0.3, 0.4) is 0 Å². The lowest BCUT2D eigenvalue weighted by molar-refractivity contribution is -0.377. The molecule has 2 aromatic carbocycles. The van der Waals surface area contributed by atoms with E-state index in [2.05, 4.69) is 9.88 Å². The Morgan fingerprint density at radius 3 is 2.12 bits per heavy atom. The van der Waals surface area contributed by atoms with Gasteiger partial charge in [0.05, 0.1) is 24.3 Å². The van der Waals surface area contributed by atoms with Crippen molar-refractivity contribution in [2.75, 3.05) is 46.4 Å². The number of carbonyl (C=O) groups excluding carboxylic acids is 2. The van der Waals surface area contributed by atoms with Crippen LogP contribution in [0, 0.1) is 11.8 Å². The van der Waals surface area contributed by atoms with Crippen molar-refractivity contribution in [2.45, 2.75) is 44.8 Å². The number of esters is 1. The first-order chi connectivity index (χ1) is 23.1. The van der Waals surface area contributed by atoms with Crippen molar-refractivity contribution in [1.82, 2.24) is 9.80 Å². The van der Waals surface area contributed by atoms with Crippen LogP contribution in [0.4, 0.5) is 8.78 Å². The van der Waals surface area contributed by atoms with Crippen LogP contribution in [-0.4, -0.2) is 80.2 Å². The predicted octanol–water partition coefficient (Wildman–Crippen LogP) is 6.34. The van der Waals surface area contributed by atoms with Crippen molar-refractivity contribution >= 4 is 35.1 Å². The second-order valence-electron chi connectivity index (χ2n) is 12.6. The largest absolute Gasteiger partial charge is 0.870 e. The Morgan fingerprint density at radius 1 is 0.878 bits per heavy atom. The number of carbonyl (C=O) groups is 2. The van der Waals surface area contributed by atoms with Gasteiger partial charge in [-0.25, -0.2) is 9.78 Å². The van der Waals surface area contributed by atoms with Gasteiger partial charge in [-0.1, -0.05) is 29.3 Å². The average Bonchev–Trinajstić information content (AvgIpc) is 4.00. The van der Waals surface area contributed by atoms with Crippen LogP contribution in [0.25, 0.3) is 0 Å². The van der Waals surface area contributed by atoms with Crippen LogP contribution < -0.4 is 19.2 Å². The number of nitrogens with one attached hydrogen (secondary N) is 1. The van der Waals surface area contributed by atoms with Crippen molar-refractivity contribution in [2.24, 2.45) is 11.8 Å². The van der Waals surface area contributed by atoms with E-state index in [1.165, 1.54) is 12.1 Å². The Morgan fingerprint density at radius 2 is 1.51 bits per heavy atom. The molecule has 0 unspecified atom stereocenters. The number of H-pyrrole nitrogens is 1. The summed E-state index contributed by atoms with van der Waals surface area (Å²) in [5.74, 6) is 0.250.